The molecule has 1 rings (SSSR count). The predicted molar refractivity (Wildman–Crippen MR) is 79.7 cm³/mol. The van der Waals surface area contributed by atoms with E-state index in [-0.39, 0.29) is 12.6 Å². The molecule has 5 heteroatoms. The molecule has 0 heterocycles. The van der Waals surface area contributed by atoms with Crippen molar-refractivity contribution in [1.82, 2.24) is 5.32 Å². The van der Waals surface area contributed by atoms with Crippen molar-refractivity contribution in [3.05, 3.63) is 29.8 Å². The topological polar surface area (TPSA) is 70.6 Å². The lowest BCUT2D eigenvalue weighted by Crippen LogP contribution is -2.35. The fourth-order valence-corrected chi connectivity index (χ4v) is 1.78. The first-order valence-corrected chi connectivity index (χ1v) is 7.05. The number of carbonyl (C=O) groups is 1. The summed E-state index contributed by atoms with van der Waals surface area (Å²) < 4.78 is 5.32. The molecule has 0 radical (unpaired) electrons. The van der Waals surface area contributed by atoms with Crippen LogP contribution < -0.4 is 10.6 Å². The van der Waals surface area contributed by atoms with Gasteiger partial charge in [0.05, 0.1) is 12.7 Å². The van der Waals surface area contributed by atoms with Gasteiger partial charge in [-0.1, -0.05) is 25.5 Å². The molecule has 2 amide bonds. The number of aliphatic hydroxyl groups excluding tert-OH is 1. The second-order valence-corrected chi connectivity index (χ2v) is 4.62. The van der Waals surface area contributed by atoms with E-state index in [0.29, 0.717) is 25.3 Å². The van der Waals surface area contributed by atoms with Crippen LogP contribution in [-0.2, 0) is 11.3 Å². The van der Waals surface area contributed by atoms with Crippen molar-refractivity contribution in [2.45, 2.75) is 39.4 Å². The Morgan fingerprint density at radius 2 is 2.20 bits per heavy atom. The molecule has 20 heavy (non-hydrogen) atoms. The number of carbonyl (C=O) groups excluding carboxylic acids is 1. The Labute approximate surface area is 120 Å². The third-order valence-electron chi connectivity index (χ3n) is 2.78. The maximum absolute atomic E-state index is 11.7. The van der Waals surface area contributed by atoms with E-state index in [1.54, 1.807) is 0 Å². The van der Waals surface area contributed by atoms with Crippen LogP contribution >= 0.6 is 0 Å². The molecule has 0 fully saturated rings. The van der Waals surface area contributed by atoms with E-state index >= 15 is 0 Å². The molecule has 0 aliphatic heterocycles. The predicted octanol–water partition coefficient (Wildman–Crippen LogP) is 2.51. The van der Waals surface area contributed by atoms with E-state index < -0.39 is 6.10 Å². The van der Waals surface area contributed by atoms with E-state index in [9.17, 15) is 9.90 Å². The number of aliphatic hydroxyl groups is 1. The number of amides is 2. The average Bonchev–Trinajstić information content (AvgIpc) is 2.44. The number of rotatable bonds is 8. The first kappa shape index (κ1) is 16.5. The Kier molecular flexibility index (Phi) is 7.69. The van der Waals surface area contributed by atoms with Gasteiger partial charge in [-0.05, 0) is 31.0 Å². The summed E-state index contributed by atoms with van der Waals surface area (Å²) in [4.78, 5) is 11.7. The monoisotopic (exact) mass is 280 g/mol. The minimum atomic E-state index is -0.491. The number of anilines is 1. The molecular formula is C15H24N2O3. The van der Waals surface area contributed by atoms with Gasteiger partial charge in [-0.25, -0.2) is 4.79 Å². The first-order chi connectivity index (χ1) is 9.65. The van der Waals surface area contributed by atoms with Gasteiger partial charge in [0.25, 0.3) is 0 Å². The summed E-state index contributed by atoms with van der Waals surface area (Å²) in [6, 6.07) is 7.20. The highest BCUT2D eigenvalue weighted by atomic mass is 16.5. The number of ether oxygens (including phenoxy) is 1. The van der Waals surface area contributed by atoms with Gasteiger partial charge in [-0.3, -0.25) is 0 Å². The molecule has 0 aliphatic rings. The lowest BCUT2D eigenvalue weighted by Gasteiger charge is -2.12. The largest absolute Gasteiger partial charge is 0.391 e. The number of hydrogen-bond acceptors (Lipinski definition) is 3. The molecule has 0 aromatic heterocycles. The molecule has 1 aromatic carbocycles. The third-order valence-corrected chi connectivity index (χ3v) is 2.78. The summed E-state index contributed by atoms with van der Waals surface area (Å²) in [6.45, 7) is 5.39. The van der Waals surface area contributed by atoms with Gasteiger partial charge in [-0.15, -0.1) is 0 Å². The van der Waals surface area contributed by atoms with Gasteiger partial charge in [0.15, 0.2) is 0 Å². The smallest absolute Gasteiger partial charge is 0.319 e. The zero-order valence-corrected chi connectivity index (χ0v) is 12.2. The highest BCUT2D eigenvalue weighted by molar-refractivity contribution is 5.89. The minimum absolute atomic E-state index is 0.262. The molecular weight excluding hydrogens is 256 g/mol. The number of urea groups is 1. The zero-order valence-electron chi connectivity index (χ0n) is 12.2. The molecule has 0 bridgehead atoms. The van der Waals surface area contributed by atoms with Crippen LogP contribution in [0.3, 0.4) is 0 Å². The summed E-state index contributed by atoms with van der Waals surface area (Å²) in [5.41, 5.74) is 1.72. The van der Waals surface area contributed by atoms with Crippen LogP contribution in [0.15, 0.2) is 24.3 Å². The maximum atomic E-state index is 11.7. The van der Waals surface area contributed by atoms with Crippen molar-refractivity contribution in [2.24, 2.45) is 0 Å². The Bertz CT molecular complexity index is 410. The van der Waals surface area contributed by atoms with Crippen LogP contribution in [0.5, 0.6) is 0 Å². The van der Waals surface area contributed by atoms with Gasteiger partial charge < -0.3 is 20.5 Å². The first-order valence-electron chi connectivity index (χ1n) is 7.05. The van der Waals surface area contributed by atoms with E-state index in [2.05, 4.69) is 10.6 Å². The van der Waals surface area contributed by atoms with Gasteiger partial charge in [0, 0.05) is 18.8 Å². The van der Waals surface area contributed by atoms with Crippen LogP contribution in [0.1, 0.15) is 32.3 Å². The normalized spacial score (nSPS) is 11.9. The Morgan fingerprint density at radius 3 is 2.90 bits per heavy atom. The van der Waals surface area contributed by atoms with Crippen LogP contribution in [-0.4, -0.2) is 30.4 Å². The van der Waals surface area contributed by atoms with Crippen molar-refractivity contribution in [3.8, 4) is 0 Å². The molecule has 0 aliphatic carbocycles. The Hall–Kier alpha value is -1.59. The molecule has 1 atom stereocenters. The fourth-order valence-electron chi connectivity index (χ4n) is 1.78. The van der Waals surface area contributed by atoms with E-state index in [0.717, 1.165) is 12.0 Å². The highest BCUT2D eigenvalue weighted by Gasteiger charge is 2.06. The van der Waals surface area contributed by atoms with Crippen LogP contribution in [0.4, 0.5) is 10.5 Å². The van der Waals surface area contributed by atoms with E-state index in [4.69, 9.17) is 4.74 Å². The molecule has 0 saturated carbocycles. The van der Waals surface area contributed by atoms with Crippen molar-refractivity contribution < 1.29 is 14.6 Å². The molecule has 1 unspecified atom stereocenters. The van der Waals surface area contributed by atoms with Gasteiger partial charge in [-0.2, -0.15) is 0 Å². The molecule has 3 N–H and O–H groups in total. The zero-order chi connectivity index (χ0) is 14.8. The summed E-state index contributed by atoms with van der Waals surface area (Å²) in [5.74, 6) is 0. The second-order valence-electron chi connectivity index (χ2n) is 4.62. The molecule has 5 nitrogen and oxygen atoms in total. The summed E-state index contributed by atoms with van der Waals surface area (Å²) in [6.07, 6.45) is 1.09. The Morgan fingerprint density at radius 1 is 1.40 bits per heavy atom. The summed E-state index contributed by atoms with van der Waals surface area (Å²) in [7, 11) is 0. The number of nitrogens with one attached hydrogen (secondary N) is 2. The average molecular weight is 280 g/mol. The standard InChI is InChI=1S/C15H24N2O3/c1-3-6-14(18)10-16-15(19)17-13-8-5-7-12(9-13)11-20-4-2/h5,7-9,14,18H,3-4,6,10-11H2,1-2H3,(H2,16,17,19). The molecule has 0 spiro atoms. The van der Waals surface area contributed by atoms with E-state index in [1.807, 2.05) is 38.1 Å². The maximum Gasteiger partial charge on any atom is 0.319 e. The fraction of sp³-hybridized carbons (Fsp3) is 0.533. The van der Waals surface area contributed by atoms with Crippen molar-refractivity contribution in [1.29, 1.82) is 0 Å². The van der Waals surface area contributed by atoms with Crippen LogP contribution in [0.25, 0.3) is 0 Å². The van der Waals surface area contributed by atoms with E-state index in [1.165, 1.54) is 0 Å². The van der Waals surface area contributed by atoms with Crippen molar-refractivity contribution in [2.75, 3.05) is 18.5 Å². The lowest BCUT2D eigenvalue weighted by molar-refractivity contribution is 0.134. The van der Waals surface area contributed by atoms with Crippen molar-refractivity contribution in [3.63, 3.8) is 0 Å². The Balaban J connectivity index is 2.41. The minimum Gasteiger partial charge on any atom is -0.391 e. The lowest BCUT2D eigenvalue weighted by atomic mass is 10.2. The second kappa shape index (κ2) is 9.34. The van der Waals surface area contributed by atoms with Crippen molar-refractivity contribution >= 4 is 11.7 Å². The van der Waals surface area contributed by atoms with Gasteiger partial charge in [0.2, 0.25) is 0 Å². The van der Waals surface area contributed by atoms with Crippen LogP contribution in [0, 0.1) is 0 Å². The SMILES string of the molecule is CCCC(O)CNC(=O)Nc1cccc(COCC)c1. The quantitative estimate of drug-likeness (QED) is 0.685. The number of benzene rings is 1. The third kappa shape index (κ3) is 6.54. The molecule has 1 aromatic rings. The molecule has 0 saturated heterocycles. The summed E-state index contributed by atoms with van der Waals surface area (Å²) >= 11 is 0. The number of hydrogen-bond donors (Lipinski definition) is 3. The summed E-state index contributed by atoms with van der Waals surface area (Å²) in [5, 5.41) is 14.9. The van der Waals surface area contributed by atoms with Gasteiger partial charge in [0.1, 0.15) is 0 Å². The van der Waals surface area contributed by atoms with Gasteiger partial charge >= 0.3 is 6.03 Å². The highest BCUT2D eigenvalue weighted by Crippen LogP contribution is 2.11. The molecule has 112 valence electrons. The van der Waals surface area contributed by atoms with Crippen LogP contribution in [0.2, 0.25) is 0 Å².